The minimum atomic E-state index is -3.40. The van der Waals surface area contributed by atoms with Crippen molar-refractivity contribution in [1.82, 2.24) is 4.72 Å². The van der Waals surface area contributed by atoms with E-state index in [2.05, 4.69) is 4.72 Å². The molecule has 5 nitrogen and oxygen atoms in total. The van der Waals surface area contributed by atoms with E-state index in [0.717, 1.165) is 6.26 Å². The van der Waals surface area contributed by atoms with Gasteiger partial charge in [-0.3, -0.25) is 4.79 Å². The van der Waals surface area contributed by atoms with Gasteiger partial charge in [-0.25, -0.2) is 13.1 Å². The van der Waals surface area contributed by atoms with Gasteiger partial charge >= 0.3 is 0 Å². The molecule has 0 aliphatic rings. The lowest BCUT2D eigenvalue weighted by molar-refractivity contribution is -0.121. The third-order valence-corrected chi connectivity index (χ3v) is 2.15. The fourth-order valence-corrected chi connectivity index (χ4v) is 1.77. The molecular weight excluding hydrogens is 192 g/mol. The second-order valence-electron chi connectivity index (χ2n) is 4.09. The molecule has 1 atom stereocenters. The highest BCUT2D eigenvalue weighted by Crippen LogP contribution is 2.19. The van der Waals surface area contributed by atoms with Crippen LogP contribution in [0.2, 0.25) is 0 Å². The number of carbonyl (C=O) groups is 1. The number of carbonyl (C=O) groups excluding carboxylic acids is 1. The zero-order valence-corrected chi connectivity index (χ0v) is 9.10. The van der Waals surface area contributed by atoms with Crippen LogP contribution in [0.3, 0.4) is 0 Å². The molecule has 0 aromatic carbocycles. The molecule has 78 valence electrons. The van der Waals surface area contributed by atoms with E-state index < -0.39 is 27.4 Å². The molecule has 0 aromatic rings. The van der Waals surface area contributed by atoms with Gasteiger partial charge in [-0.05, 0) is 5.41 Å². The van der Waals surface area contributed by atoms with Crippen LogP contribution in [0, 0.1) is 5.41 Å². The van der Waals surface area contributed by atoms with Crippen LogP contribution in [0.15, 0.2) is 0 Å². The Kier molecular flexibility index (Phi) is 3.46. The van der Waals surface area contributed by atoms with E-state index in [1.807, 2.05) is 0 Å². The number of nitrogens with two attached hydrogens (primary N) is 1. The first-order valence-electron chi connectivity index (χ1n) is 3.80. The van der Waals surface area contributed by atoms with E-state index in [0.29, 0.717) is 0 Å². The summed E-state index contributed by atoms with van der Waals surface area (Å²) in [6.45, 7) is 5.21. The lowest BCUT2D eigenvalue weighted by atomic mass is 9.87. The van der Waals surface area contributed by atoms with Gasteiger partial charge < -0.3 is 5.73 Å². The SMILES string of the molecule is CC(C)(C)C(NS(C)(=O)=O)C(N)=O. The number of amides is 1. The number of nitrogens with one attached hydrogen (secondary N) is 1. The maximum Gasteiger partial charge on any atom is 0.236 e. The molecule has 0 aliphatic heterocycles. The maximum absolute atomic E-state index is 10.9. The average Bonchev–Trinajstić information content (AvgIpc) is 1.77. The quantitative estimate of drug-likeness (QED) is 0.651. The molecule has 13 heavy (non-hydrogen) atoms. The number of rotatable bonds is 3. The molecular formula is C7H16N2O3S. The van der Waals surface area contributed by atoms with Crippen LogP contribution in [0.4, 0.5) is 0 Å². The standard InChI is InChI=1S/C7H16N2O3S/c1-7(2,3)5(6(8)10)9-13(4,11)12/h5,9H,1-4H3,(H2,8,10). The summed E-state index contributed by atoms with van der Waals surface area (Å²) in [6, 6.07) is -0.873. The molecule has 0 bridgehead atoms. The van der Waals surface area contributed by atoms with Gasteiger partial charge in [0.15, 0.2) is 0 Å². The third-order valence-electron chi connectivity index (χ3n) is 1.48. The number of hydrogen-bond donors (Lipinski definition) is 2. The highest BCUT2D eigenvalue weighted by molar-refractivity contribution is 7.88. The molecule has 0 aromatic heterocycles. The summed E-state index contributed by atoms with van der Waals surface area (Å²) < 4.78 is 23.9. The molecule has 0 heterocycles. The predicted octanol–water partition coefficient (Wildman–Crippen LogP) is -0.564. The summed E-state index contributed by atoms with van der Waals surface area (Å²) >= 11 is 0. The minimum absolute atomic E-state index is 0.519. The van der Waals surface area contributed by atoms with E-state index in [9.17, 15) is 13.2 Å². The highest BCUT2D eigenvalue weighted by Gasteiger charge is 2.31. The minimum Gasteiger partial charge on any atom is -0.368 e. The van der Waals surface area contributed by atoms with E-state index in [-0.39, 0.29) is 0 Å². The summed E-state index contributed by atoms with van der Waals surface area (Å²) in [7, 11) is -3.40. The second-order valence-corrected chi connectivity index (χ2v) is 5.87. The van der Waals surface area contributed by atoms with Gasteiger partial charge in [0.1, 0.15) is 6.04 Å². The Morgan fingerprint density at radius 2 is 1.77 bits per heavy atom. The zero-order chi connectivity index (χ0) is 10.9. The molecule has 0 aliphatic carbocycles. The van der Waals surface area contributed by atoms with Gasteiger partial charge in [-0.1, -0.05) is 20.8 Å². The Morgan fingerprint density at radius 3 is 1.85 bits per heavy atom. The smallest absolute Gasteiger partial charge is 0.236 e. The van der Waals surface area contributed by atoms with Crippen LogP contribution < -0.4 is 10.5 Å². The van der Waals surface area contributed by atoms with Crippen LogP contribution in [0.1, 0.15) is 20.8 Å². The number of sulfonamides is 1. The van der Waals surface area contributed by atoms with Crippen LogP contribution in [0.5, 0.6) is 0 Å². The van der Waals surface area contributed by atoms with Gasteiger partial charge in [-0.2, -0.15) is 0 Å². The van der Waals surface area contributed by atoms with Gasteiger partial charge in [0.05, 0.1) is 6.26 Å². The highest BCUT2D eigenvalue weighted by atomic mass is 32.2. The molecule has 1 unspecified atom stereocenters. The fourth-order valence-electron chi connectivity index (χ4n) is 0.876. The molecule has 0 spiro atoms. The number of hydrogen-bond acceptors (Lipinski definition) is 3. The Bertz CT molecular complexity index is 289. The van der Waals surface area contributed by atoms with Crippen molar-refractivity contribution in [3.05, 3.63) is 0 Å². The van der Waals surface area contributed by atoms with Crippen molar-refractivity contribution >= 4 is 15.9 Å². The molecule has 0 saturated heterocycles. The summed E-state index contributed by atoms with van der Waals surface area (Å²) in [6.07, 6.45) is 0.995. The third kappa shape index (κ3) is 4.84. The van der Waals surface area contributed by atoms with Gasteiger partial charge in [-0.15, -0.1) is 0 Å². The summed E-state index contributed by atoms with van der Waals surface area (Å²) in [5.41, 5.74) is 4.55. The monoisotopic (exact) mass is 208 g/mol. The Balaban J connectivity index is 4.77. The van der Waals surface area contributed by atoms with Crippen molar-refractivity contribution in [3.63, 3.8) is 0 Å². The van der Waals surface area contributed by atoms with Crippen molar-refractivity contribution in [2.45, 2.75) is 26.8 Å². The molecule has 0 radical (unpaired) electrons. The maximum atomic E-state index is 10.9. The van der Waals surface area contributed by atoms with Crippen LogP contribution in [0.25, 0.3) is 0 Å². The normalized spacial score (nSPS) is 15.4. The molecule has 0 rings (SSSR count). The van der Waals surface area contributed by atoms with Crippen molar-refractivity contribution in [2.75, 3.05) is 6.26 Å². The molecule has 0 fully saturated rings. The van der Waals surface area contributed by atoms with E-state index in [1.165, 1.54) is 0 Å². The van der Waals surface area contributed by atoms with Gasteiger partial charge in [0.2, 0.25) is 15.9 Å². The Morgan fingerprint density at radius 1 is 1.38 bits per heavy atom. The fraction of sp³-hybridized carbons (Fsp3) is 0.857. The molecule has 6 heteroatoms. The molecule has 0 saturated carbocycles. The topological polar surface area (TPSA) is 89.3 Å². The Hall–Kier alpha value is -0.620. The van der Waals surface area contributed by atoms with Crippen molar-refractivity contribution < 1.29 is 13.2 Å². The summed E-state index contributed by atoms with van der Waals surface area (Å²) in [5.74, 6) is -0.669. The lowest BCUT2D eigenvalue weighted by Crippen LogP contribution is -2.51. The molecule has 3 N–H and O–H groups in total. The van der Waals surface area contributed by atoms with Gasteiger partial charge in [0, 0.05) is 0 Å². The Labute approximate surface area is 78.7 Å². The summed E-state index contributed by atoms with van der Waals surface area (Å²) in [4.78, 5) is 10.9. The average molecular weight is 208 g/mol. The predicted molar refractivity (Wildman–Crippen MR) is 50.4 cm³/mol. The van der Waals surface area contributed by atoms with E-state index >= 15 is 0 Å². The summed E-state index contributed by atoms with van der Waals surface area (Å²) in [5, 5.41) is 0. The first kappa shape index (κ1) is 12.4. The van der Waals surface area contributed by atoms with Crippen molar-refractivity contribution in [1.29, 1.82) is 0 Å². The first-order chi connectivity index (χ1) is 5.54. The van der Waals surface area contributed by atoms with E-state index in [1.54, 1.807) is 20.8 Å². The largest absolute Gasteiger partial charge is 0.368 e. The van der Waals surface area contributed by atoms with Crippen LogP contribution in [-0.4, -0.2) is 26.6 Å². The van der Waals surface area contributed by atoms with Gasteiger partial charge in [0.25, 0.3) is 0 Å². The first-order valence-corrected chi connectivity index (χ1v) is 5.70. The van der Waals surface area contributed by atoms with Crippen molar-refractivity contribution in [3.8, 4) is 0 Å². The molecule has 1 amide bonds. The van der Waals surface area contributed by atoms with Crippen molar-refractivity contribution in [2.24, 2.45) is 11.1 Å². The van der Waals surface area contributed by atoms with Crippen LogP contribution >= 0.6 is 0 Å². The zero-order valence-electron chi connectivity index (χ0n) is 8.29. The second kappa shape index (κ2) is 3.63. The van der Waals surface area contributed by atoms with E-state index in [4.69, 9.17) is 5.73 Å². The number of primary amides is 1. The lowest BCUT2D eigenvalue weighted by Gasteiger charge is -2.27. The van der Waals surface area contributed by atoms with Crippen LogP contribution in [-0.2, 0) is 14.8 Å².